The maximum absolute atomic E-state index is 4.74. The maximum atomic E-state index is 4.74. The van der Waals surface area contributed by atoms with Gasteiger partial charge in [-0.1, -0.05) is 36.4 Å². The molecule has 3 heterocycles. The fraction of sp³-hybridized carbons (Fsp3) is 0. The van der Waals surface area contributed by atoms with Gasteiger partial charge in [0.15, 0.2) is 5.65 Å². The number of aromatic nitrogens is 2. The number of fused-ring (bicyclic) bond motifs is 1. The van der Waals surface area contributed by atoms with Crippen molar-refractivity contribution in [3.63, 3.8) is 0 Å². The third-order valence-corrected chi connectivity index (χ3v) is 4.21. The molecule has 0 aliphatic rings. The predicted molar refractivity (Wildman–Crippen MR) is 92.2 cm³/mol. The van der Waals surface area contributed by atoms with E-state index in [0.717, 1.165) is 27.5 Å². The summed E-state index contributed by atoms with van der Waals surface area (Å²) in [7, 11) is 0. The molecule has 106 valence electrons. The number of aliphatic imine (C=N–C) groups is 1. The van der Waals surface area contributed by atoms with Crippen LogP contribution < -0.4 is 0 Å². The summed E-state index contributed by atoms with van der Waals surface area (Å²) in [5.74, 6) is 0. The number of thiophene rings is 1. The number of pyridine rings is 1. The lowest BCUT2D eigenvalue weighted by Gasteiger charge is -1.96. The Morgan fingerprint density at radius 1 is 1.00 bits per heavy atom. The van der Waals surface area contributed by atoms with Gasteiger partial charge in [0, 0.05) is 29.0 Å². The topological polar surface area (TPSA) is 29.7 Å². The summed E-state index contributed by atoms with van der Waals surface area (Å²) in [5.41, 5.74) is 3.81. The van der Waals surface area contributed by atoms with Crippen molar-refractivity contribution in [1.29, 1.82) is 0 Å². The van der Waals surface area contributed by atoms with Gasteiger partial charge in [0.2, 0.25) is 0 Å². The van der Waals surface area contributed by atoms with Crippen LogP contribution in [0.4, 0.5) is 5.69 Å². The van der Waals surface area contributed by atoms with Gasteiger partial charge in [0.25, 0.3) is 0 Å². The second-order valence-electron chi connectivity index (χ2n) is 4.89. The van der Waals surface area contributed by atoms with Gasteiger partial charge in [0.05, 0.1) is 5.69 Å². The van der Waals surface area contributed by atoms with Crippen LogP contribution >= 0.6 is 11.3 Å². The number of benzene rings is 1. The number of hydrogen-bond donors (Lipinski definition) is 0. The summed E-state index contributed by atoms with van der Waals surface area (Å²) < 4.78 is 2.02. The molecule has 1 aromatic carbocycles. The van der Waals surface area contributed by atoms with Crippen molar-refractivity contribution in [1.82, 2.24) is 9.38 Å². The summed E-state index contributed by atoms with van der Waals surface area (Å²) in [5, 5.41) is 2.05. The lowest BCUT2D eigenvalue weighted by atomic mass is 10.2. The molecule has 0 spiro atoms. The molecule has 4 rings (SSSR count). The summed E-state index contributed by atoms with van der Waals surface area (Å²) in [6.45, 7) is 0. The molecule has 0 saturated carbocycles. The van der Waals surface area contributed by atoms with Crippen molar-refractivity contribution in [3.8, 4) is 11.3 Å². The summed E-state index contributed by atoms with van der Waals surface area (Å²) >= 11 is 1.67. The minimum absolute atomic E-state index is 0.870. The Morgan fingerprint density at radius 3 is 2.73 bits per heavy atom. The molecule has 0 saturated heterocycles. The molecule has 0 unspecified atom stereocenters. The van der Waals surface area contributed by atoms with Crippen molar-refractivity contribution in [3.05, 3.63) is 77.2 Å². The zero-order valence-electron chi connectivity index (χ0n) is 11.8. The molecule has 3 nitrogen and oxygen atoms in total. The molecule has 0 N–H and O–H groups in total. The van der Waals surface area contributed by atoms with Gasteiger partial charge in [-0.2, -0.15) is 0 Å². The van der Waals surface area contributed by atoms with Crippen LogP contribution in [-0.4, -0.2) is 15.6 Å². The Bertz CT molecular complexity index is 922. The van der Waals surface area contributed by atoms with Crippen molar-refractivity contribution in [2.75, 3.05) is 0 Å². The van der Waals surface area contributed by atoms with Crippen LogP contribution in [0.25, 0.3) is 16.9 Å². The Hall–Kier alpha value is -2.72. The van der Waals surface area contributed by atoms with E-state index < -0.39 is 0 Å². The molecular weight excluding hydrogens is 290 g/mol. The van der Waals surface area contributed by atoms with Crippen LogP contribution in [0, 0.1) is 0 Å². The third kappa shape index (κ3) is 2.44. The first-order valence-electron chi connectivity index (χ1n) is 7.01. The van der Waals surface area contributed by atoms with E-state index >= 15 is 0 Å². The maximum Gasteiger partial charge on any atom is 0.163 e. The highest BCUT2D eigenvalue weighted by Crippen LogP contribution is 2.24. The van der Waals surface area contributed by atoms with Gasteiger partial charge in [-0.15, -0.1) is 11.3 Å². The standard InChI is InChI=1S/C18H13N3S/c1-2-6-14(7-3-1)17-13-21-10-4-9-16(18(21)20-17)19-12-15-8-5-11-22-15/h1-13H. The van der Waals surface area contributed by atoms with Crippen LogP contribution in [0.3, 0.4) is 0 Å². The van der Waals surface area contributed by atoms with Crippen molar-refractivity contribution in [2.45, 2.75) is 0 Å². The molecule has 22 heavy (non-hydrogen) atoms. The summed E-state index contributed by atoms with van der Waals surface area (Å²) in [6, 6.07) is 18.2. The molecule has 4 aromatic rings. The zero-order valence-corrected chi connectivity index (χ0v) is 12.6. The lowest BCUT2D eigenvalue weighted by Crippen LogP contribution is -1.82. The molecule has 0 bridgehead atoms. The Morgan fingerprint density at radius 2 is 1.91 bits per heavy atom. The van der Waals surface area contributed by atoms with Crippen molar-refractivity contribution < 1.29 is 0 Å². The molecule has 0 atom stereocenters. The van der Waals surface area contributed by atoms with Crippen LogP contribution in [-0.2, 0) is 0 Å². The first kappa shape index (κ1) is 13.0. The molecule has 3 aromatic heterocycles. The summed E-state index contributed by atoms with van der Waals surface area (Å²) in [4.78, 5) is 10.5. The van der Waals surface area contributed by atoms with Crippen LogP contribution in [0.15, 0.2) is 77.4 Å². The fourth-order valence-electron chi connectivity index (χ4n) is 2.34. The van der Waals surface area contributed by atoms with Crippen LogP contribution in [0.5, 0.6) is 0 Å². The largest absolute Gasteiger partial charge is 0.305 e. The Balaban J connectivity index is 1.78. The van der Waals surface area contributed by atoms with Crippen LogP contribution in [0.1, 0.15) is 4.88 Å². The van der Waals surface area contributed by atoms with Gasteiger partial charge in [-0.25, -0.2) is 4.98 Å². The average Bonchev–Trinajstić information content (AvgIpc) is 3.23. The molecule has 0 aliphatic carbocycles. The minimum atomic E-state index is 0.870. The SMILES string of the molecule is C(=Nc1cccn2cc(-c3ccccc3)nc12)c1cccs1. The highest BCUT2D eigenvalue weighted by molar-refractivity contribution is 7.11. The molecular formula is C18H13N3S. The van der Waals surface area contributed by atoms with E-state index in [1.807, 2.05) is 64.8 Å². The van der Waals surface area contributed by atoms with Gasteiger partial charge < -0.3 is 4.40 Å². The lowest BCUT2D eigenvalue weighted by molar-refractivity contribution is 1.18. The van der Waals surface area contributed by atoms with Crippen molar-refractivity contribution in [2.24, 2.45) is 4.99 Å². The fourth-order valence-corrected chi connectivity index (χ4v) is 2.93. The second-order valence-corrected chi connectivity index (χ2v) is 5.87. The smallest absolute Gasteiger partial charge is 0.163 e. The molecule has 0 fully saturated rings. The molecule has 0 amide bonds. The van der Waals surface area contributed by atoms with Crippen LogP contribution in [0.2, 0.25) is 0 Å². The van der Waals surface area contributed by atoms with E-state index in [2.05, 4.69) is 23.2 Å². The average molecular weight is 303 g/mol. The summed E-state index contributed by atoms with van der Waals surface area (Å²) in [6.07, 6.45) is 5.92. The zero-order chi connectivity index (χ0) is 14.8. The van der Waals surface area contributed by atoms with E-state index in [9.17, 15) is 0 Å². The van der Waals surface area contributed by atoms with E-state index in [-0.39, 0.29) is 0 Å². The predicted octanol–water partition coefficient (Wildman–Crippen LogP) is 4.81. The highest BCUT2D eigenvalue weighted by atomic mass is 32.1. The first-order chi connectivity index (χ1) is 10.9. The van der Waals surface area contributed by atoms with Gasteiger partial charge >= 0.3 is 0 Å². The number of rotatable bonds is 3. The van der Waals surface area contributed by atoms with Gasteiger partial charge in [-0.05, 0) is 23.6 Å². The van der Waals surface area contributed by atoms with E-state index in [0.29, 0.717) is 0 Å². The van der Waals surface area contributed by atoms with E-state index in [4.69, 9.17) is 4.98 Å². The Kier molecular flexibility index (Phi) is 3.29. The number of hydrogen-bond acceptors (Lipinski definition) is 3. The second kappa shape index (κ2) is 5.58. The van der Waals surface area contributed by atoms with Crippen molar-refractivity contribution >= 4 is 28.9 Å². The van der Waals surface area contributed by atoms with Gasteiger partial charge in [-0.3, -0.25) is 4.99 Å². The first-order valence-corrected chi connectivity index (χ1v) is 7.89. The number of imidazole rings is 1. The molecule has 0 radical (unpaired) electrons. The van der Waals surface area contributed by atoms with Gasteiger partial charge in [0.1, 0.15) is 5.69 Å². The third-order valence-electron chi connectivity index (χ3n) is 3.41. The quantitative estimate of drug-likeness (QED) is 0.499. The Labute approximate surface area is 132 Å². The molecule has 0 aliphatic heterocycles. The monoisotopic (exact) mass is 303 g/mol. The number of nitrogens with zero attached hydrogens (tertiary/aromatic N) is 3. The highest BCUT2D eigenvalue weighted by Gasteiger charge is 2.06. The van der Waals surface area contributed by atoms with E-state index in [1.54, 1.807) is 11.3 Å². The normalized spacial score (nSPS) is 11.5. The minimum Gasteiger partial charge on any atom is -0.305 e. The van der Waals surface area contributed by atoms with E-state index in [1.165, 1.54) is 0 Å². The molecule has 4 heteroatoms.